The van der Waals surface area contributed by atoms with Crippen LogP contribution in [0.4, 0.5) is 4.79 Å². The molecule has 8 atom stereocenters. The summed E-state index contributed by atoms with van der Waals surface area (Å²) in [4.78, 5) is 54.3. The standard InChI is InChI=1S/C29H39N5O5/c1-7-29(5,6)23(33-27(38)39-28(2,3)4)26(37)34-15-20-16-8-9-17(12-16)21(20)22(34)25(36)32-19(14-30)13-18-10-11-31-24(18)35/h1,8-9,16-23H,10-13,15H2,2-6H3,(H,31,35)(H,32,36)(H,33,38)/t16-,17+,18+,19+,20-,21+,22+,23-/m1/s1. The SMILES string of the molecule is C#CC(C)(C)[C@H](NC(=O)OC(C)(C)C)C(=O)N1C[C@H]2[C@@H]([C@H]1C(=O)N[C@H](C#N)C[C@@H]1CCNC1=O)[C@H]1C=C[C@@H]2C1. The van der Waals surface area contributed by atoms with Gasteiger partial charge in [0.15, 0.2) is 0 Å². The van der Waals surface area contributed by atoms with E-state index in [1.165, 1.54) is 4.90 Å². The van der Waals surface area contributed by atoms with Gasteiger partial charge in [0.2, 0.25) is 17.7 Å². The summed E-state index contributed by atoms with van der Waals surface area (Å²) in [5.74, 6) is 1.68. The first-order valence-electron chi connectivity index (χ1n) is 13.7. The fourth-order valence-electron chi connectivity index (χ4n) is 6.56. The summed E-state index contributed by atoms with van der Waals surface area (Å²) in [5.41, 5.74) is -1.85. The van der Waals surface area contributed by atoms with Crippen LogP contribution in [0.15, 0.2) is 12.2 Å². The molecule has 2 bridgehead atoms. The maximum absolute atomic E-state index is 14.2. The third-order valence-corrected chi connectivity index (χ3v) is 8.51. The molecular weight excluding hydrogens is 498 g/mol. The molecule has 0 spiro atoms. The third-order valence-electron chi connectivity index (χ3n) is 8.51. The maximum Gasteiger partial charge on any atom is 0.408 e. The topological polar surface area (TPSA) is 141 Å². The van der Waals surface area contributed by atoms with E-state index in [-0.39, 0.29) is 41.9 Å². The predicted molar refractivity (Wildman–Crippen MR) is 142 cm³/mol. The summed E-state index contributed by atoms with van der Waals surface area (Å²) >= 11 is 0. The number of nitrogens with zero attached hydrogens (tertiary/aromatic N) is 2. The molecule has 10 heteroatoms. The highest BCUT2D eigenvalue weighted by molar-refractivity contribution is 5.93. The summed E-state index contributed by atoms with van der Waals surface area (Å²) in [5, 5.41) is 18.0. The van der Waals surface area contributed by atoms with Crippen LogP contribution in [-0.4, -0.2) is 65.5 Å². The zero-order valence-corrected chi connectivity index (χ0v) is 23.3. The number of fused-ring (bicyclic) bond motifs is 5. The Morgan fingerprint density at radius 2 is 1.90 bits per heavy atom. The minimum atomic E-state index is -1.13. The van der Waals surface area contributed by atoms with Crippen LogP contribution >= 0.6 is 0 Å². The molecule has 1 saturated carbocycles. The largest absolute Gasteiger partial charge is 0.444 e. The molecule has 39 heavy (non-hydrogen) atoms. The van der Waals surface area contributed by atoms with E-state index in [9.17, 15) is 24.4 Å². The number of likely N-dealkylation sites (tertiary alicyclic amines) is 1. The average Bonchev–Trinajstić information content (AvgIpc) is 3.63. The lowest BCUT2D eigenvalue weighted by Gasteiger charge is -2.36. The second-order valence-electron chi connectivity index (χ2n) is 12.8. The van der Waals surface area contributed by atoms with Crippen LogP contribution in [0.2, 0.25) is 0 Å². The number of amides is 4. The zero-order chi connectivity index (χ0) is 28.7. The molecule has 0 aromatic rings. The molecule has 0 unspecified atom stereocenters. The highest BCUT2D eigenvalue weighted by atomic mass is 16.6. The predicted octanol–water partition coefficient (Wildman–Crippen LogP) is 1.72. The number of carbonyl (C=O) groups is 4. The van der Waals surface area contributed by atoms with Gasteiger partial charge < -0.3 is 25.6 Å². The fourth-order valence-corrected chi connectivity index (χ4v) is 6.56. The van der Waals surface area contributed by atoms with Crippen molar-refractivity contribution in [3.8, 4) is 18.4 Å². The average molecular weight is 538 g/mol. The number of alkyl carbamates (subject to hydrolysis) is 1. The van der Waals surface area contributed by atoms with Crippen molar-refractivity contribution in [1.29, 1.82) is 5.26 Å². The maximum atomic E-state index is 14.2. The Kier molecular flexibility index (Phi) is 7.71. The van der Waals surface area contributed by atoms with E-state index in [1.807, 2.05) is 0 Å². The summed E-state index contributed by atoms with van der Waals surface area (Å²) in [6, 6.07) is -0.710. The molecule has 0 aromatic carbocycles. The lowest BCUT2D eigenvalue weighted by Crippen LogP contribution is -2.60. The number of rotatable bonds is 7. The van der Waals surface area contributed by atoms with Crippen LogP contribution in [0.1, 0.15) is 53.9 Å². The van der Waals surface area contributed by atoms with Gasteiger partial charge in [-0.1, -0.05) is 18.1 Å². The van der Waals surface area contributed by atoms with Crippen molar-refractivity contribution < 1.29 is 23.9 Å². The van der Waals surface area contributed by atoms with Gasteiger partial charge in [0, 0.05) is 19.0 Å². The van der Waals surface area contributed by atoms with Crippen molar-refractivity contribution in [2.45, 2.75) is 77.6 Å². The number of carbonyl (C=O) groups excluding carboxylic acids is 4. The molecule has 4 aliphatic rings. The molecule has 4 rings (SSSR count). The molecule has 210 valence electrons. The molecule has 2 heterocycles. The summed E-state index contributed by atoms with van der Waals surface area (Å²) < 4.78 is 5.41. The quantitative estimate of drug-likeness (QED) is 0.334. The molecule has 0 radical (unpaired) electrons. The molecule has 3 fully saturated rings. The fraction of sp³-hybridized carbons (Fsp3) is 0.690. The van der Waals surface area contributed by atoms with E-state index in [2.05, 4.69) is 40.1 Å². The molecule has 3 N–H and O–H groups in total. The van der Waals surface area contributed by atoms with Crippen molar-refractivity contribution >= 4 is 23.8 Å². The van der Waals surface area contributed by atoms with Crippen LogP contribution in [0.3, 0.4) is 0 Å². The first-order valence-corrected chi connectivity index (χ1v) is 13.7. The minimum Gasteiger partial charge on any atom is -0.444 e. The van der Waals surface area contributed by atoms with Crippen LogP contribution in [0.5, 0.6) is 0 Å². The van der Waals surface area contributed by atoms with E-state index in [4.69, 9.17) is 11.2 Å². The second kappa shape index (κ2) is 10.6. The number of hydrogen-bond acceptors (Lipinski definition) is 6. The van der Waals surface area contributed by atoms with Crippen LogP contribution in [0, 0.1) is 58.7 Å². The number of hydrogen-bond donors (Lipinski definition) is 3. The molecule has 0 aromatic heterocycles. The molecule has 2 aliphatic heterocycles. The van der Waals surface area contributed by atoms with Gasteiger partial charge in [-0.25, -0.2) is 4.79 Å². The summed E-state index contributed by atoms with van der Waals surface area (Å²) in [6.45, 7) is 9.44. The van der Waals surface area contributed by atoms with Crippen LogP contribution in [0.25, 0.3) is 0 Å². The van der Waals surface area contributed by atoms with Gasteiger partial charge in [-0.05, 0) is 77.6 Å². The van der Waals surface area contributed by atoms with Crippen molar-refractivity contribution in [3.63, 3.8) is 0 Å². The van der Waals surface area contributed by atoms with Gasteiger partial charge in [-0.15, -0.1) is 6.42 Å². The van der Waals surface area contributed by atoms with Crippen molar-refractivity contribution in [3.05, 3.63) is 12.2 Å². The number of ether oxygens (including phenoxy) is 1. The number of terminal acetylenes is 1. The Morgan fingerprint density at radius 1 is 1.21 bits per heavy atom. The lowest BCUT2D eigenvalue weighted by molar-refractivity contribution is -0.143. The Hall–Kier alpha value is -3.53. The Morgan fingerprint density at radius 3 is 2.49 bits per heavy atom. The molecule has 4 amide bonds. The Balaban J connectivity index is 1.59. The number of nitriles is 1. The number of nitrogens with one attached hydrogen (secondary N) is 3. The van der Waals surface area contributed by atoms with Crippen LogP contribution in [-0.2, 0) is 19.1 Å². The van der Waals surface area contributed by atoms with Crippen molar-refractivity contribution in [2.24, 2.45) is 35.0 Å². The van der Waals surface area contributed by atoms with E-state index in [0.717, 1.165) is 6.42 Å². The van der Waals surface area contributed by atoms with Gasteiger partial charge in [-0.3, -0.25) is 14.4 Å². The second-order valence-corrected chi connectivity index (χ2v) is 12.8. The monoisotopic (exact) mass is 537 g/mol. The third kappa shape index (κ3) is 5.75. The Labute approximate surface area is 230 Å². The van der Waals surface area contributed by atoms with Crippen molar-refractivity contribution in [1.82, 2.24) is 20.9 Å². The molecule has 2 aliphatic carbocycles. The van der Waals surface area contributed by atoms with Gasteiger partial charge in [-0.2, -0.15) is 5.26 Å². The molecule has 10 nitrogen and oxygen atoms in total. The van der Waals surface area contributed by atoms with E-state index < -0.39 is 47.0 Å². The normalized spacial score (nSPS) is 30.5. The van der Waals surface area contributed by atoms with E-state index in [0.29, 0.717) is 19.5 Å². The Bertz CT molecular complexity index is 1140. The van der Waals surface area contributed by atoms with Gasteiger partial charge in [0.1, 0.15) is 23.7 Å². The minimum absolute atomic E-state index is 0.0944. The van der Waals surface area contributed by atoms with E-state index >= 15 is 0 Å². The van der Waals surface area contributed by atoms with Crippen LogP contribution < -0.4 is 16.0 Å². The van der Waals surface area contributed by atoms with Crippen molar-refractivity contribution in [2.75, 3.05) is 13.1 Å². The van der Waals surface area contributed by atoms with Gasteiger partial charge in [0.25, 0.3) is 0 Å². The number of allylic oxidation sites excluding steroid dienone is 2. The smallest absolute Gasteiger partial charge is 0.408 e. The van der Waals surface area contributed by atoms with Gasteiger partial charge >= 0.3 is 6.09 Å². The highest BCUT2D eigenvalue weighted by Gasteiger charge is 2.59. The van der Waals surface area contributed by atoms with E-state index in [1.54, 1.807) is 34.6 Å². The molecule has 2 saturated heterocycles. The summed E-state index contributed by atoms with van der Waals surface area (Å²) in [7, 11) is 0. The first kappa shape index (κ1) is 28.5. The first-order chi connectivity index (χ1) is 18.3. The zero-order valence-electron chi connectivity index (χ0n) is 23.3. The lowest BCUT2D eigenvalue weighted by atomic mass is 9.81. The molecular formula is C29H39N5O5. The highest BCUT2D eigenvalue weighted by Crippen LogP contribution is 2.54. The van der Waals surface area contributed by atoms with Gasteiger partial charge in [0.05, 0.1) is 11.5 Å². The summed E-state index contributed by atoms with van der Waals surface area (Å²) in [6.07, 6.45) is 11.0.